The second kappa shape index (κ2) is 7.11. The van der Waals surface area contributed by atoms with Gasteiger partial charge < -0.3 is 10.5 Å². The van der Waals surface area contributed by atoms with Crippen LogP contribution in [0.3, 0.4) is 0 Å². The molecule has 2 nitrogen and oxygen atoms in total. The maximum Gasteiger partial charge on any atom is 0.131 e. The van der Waals surface area contributed by atoms with Crippen molar-refractivity contribution >= 4 is 27.5 Å². The molecule has 0 aliphatic carbocycles. The number of hydrogen-bond acceptors (Lipinski definition) is 2. The smallest absolute Gasteiger partial charge is 0.131 e. The third-order valence-electron chi connectivity index (χ3n) is 3.08. The van der Waals surface area contributed by atoms with E-state index in [0.717, 1.165) is 34.4 Å². The largest absolute Gasteiger partial charge is 0.457 e. The number of benzene rings is 2. The van der Waals surface area contributed by atoms with Gasteiger partial charge in [0.25, 0.3) is 0 Å². The SMILES string of the molecule is CCC(N)Cc1ccc(Br)cc1Oc1ccc(Cl)cc1. The van der Waals surface area contributed by atoms with Gasteiger partial charge in [0.05, 0.1) is 0 Å². The molecule has 2 N–H and O–H groups in total. The summed E-state index contributed by atoms with van der Waals surface area (Å²) in [7, 11) is 0. The quantitative estimate of drug-likeness (QED) is 0.803. The van der Waals surface area contributed by atoms with Crippen LogP contribution in [-0.2, 0) is 6.42 Å². The van der Waals surface area contributed by atoms with Gasteiger partial charge in [-0.15, -0.1) is 0 Å². The molecule has 0 heterocycles. The van der Waals surface area contributed by atoms with Gasteiger partial charge in [0.15, 0.2) is 0 Å². The van der Waals surface area contributed by atoms with Gasteiger partial charge in [-0.2, -0.15) is 0 Å². The van der Waals surface area contributed by atoms with E-state index in [9.17, 15) is 0 Å². The van der Waals surface area contributed by atoms with Crippen LogP contribution < -0.4 is 10.5 Å². The van der Waals surface area contributed by atoms with Crippen LogP contribution in [0, 0.1) is 0 Å². The predicted octanol–water partition coefficient (Wildman–Crippen LogP) is 5.17. The van der Waals surface area contributed by atoms with Crippen LogP contribution >= 0.6 is 27.5 Å². The Hall–Kier alpha value is -1.03. The minimum atomic E-state index is 0.142. The van der Waals surface area contributed by atoms with E-state index < -0.39 is 0 Å². The molecule has 0 fully saturated rings. The van der Waals surface area contributed by atoms with Crippen molar-refractivity contribution in [3.8, 4) is 11.5 Å². The Morgan fingerprint density at radius 2 is 1.90 bits per heavy atom. The fourth-order valence-electron chi connectivity index (χ4n) is 1.85. The summed E-state index contributed by atoms with van der Waals surface area (Å²) in [6.07, 6.45) is 1.74. The zero-order chi connectivity index (χ0) is 14.5. The number of rotatable bonds is 5. The van der Waals surface area contributed by atoms with Crippen molar-refractivity contribution in [2.45, 2.75) is 25.8 Å². The second-order valence-electron chi connectivity index (χ2n) is 4.68. The van der Waals surface area contributed by atoms with Gasteiger partial charge >= 0.3 is 0 Å². The van der Waals surface area contributed by atoms with Crippen molar-refractivity contribution in [2.24, 2.45) is 5.73 Å². The minimum Gasteiger partial charge on any atom is -0.457 e. The van der Waals surface area contributed by atoms with Crippen LogP contribution in [0.1, 0.15) is 18.9 Å². The number of halogens is 2. The molecule has 0 spiro atoms. The molecule has 1 unspecified atom stereocenters. The van der Waals surface area contributed by atoms with E-state index in [4.69, 9.17) is 22.1 Å². The van der Waals surface area contributed by atoms with Crippen molar-refractivity contribution in [3.63, 3.8) is 0 Å². The summed E-state index contributed by atoms with van der Waals surface area (Å²) in [6.45, 7) is 2.09. The monoisotopic (exact) mass is 353 g/mol. The lowest BCUT2D eigenvalue weighted by atomic mass is 10.0. The van der Waals surface area contributed by atoms with E-state index in [-0.39, 0.29) is 6.04 Å². The van der Waals surface area contributed by atoms with Crippen molar-refractivity contribution in [2.75, 3.05) is 0 Å². The van der Waals surface area contributed by atoms with Crippen LogP contribution in [0.2, 0.25) is 5.02 Å². The minimum absolute atomic E-state index is 0.142. The van der Waals surface area contributed by atoms with Crippen LogP contribution in [0.25, 0.3) is 0 Å². The van der Waals surface area contributed by atoms with Crippen LogP contribution in [0.15, 0.2) is 46.9 Å². The van der Waals surface area contributed by atoms with Crippen LogP contribution in [0.5, 0.6) is 11.5 Å². The number of hydrogen-bond donors (Lipinski definition) is 1. The number of nitrogens with two attached hydrogens (primary N) is 1. The highest BCUT2D eigenvalue weighted by atomic mass is 79.9. The summed E-state index contributed by atoms with van der Waals surface area (Å²) >= 11 is 9.35. The number of ether oxygens (including phenoxy) is 1. The van der Waals surface area contributed by atoms with Gasteiger partial charge in [0.2, 0.25) is 0 Å². The summed E-state index contributed by atoms with van der Waals surface area (Å²) in [5.74, 6) is 1.59. The molecule has 0 aromatic heterocycles. The topological polar surface area (TPSA) is 35.2 Å². The first-order valence-corrected chi connectivity index (χ1v) is 7.73. The van der Waals surface area contributed by atoms with Gasteiger partial charge in [0, 0.05) is 15.5 Å². The molecule has 2 aromatic carbocycles. The molecule has 0 saturated carbocycles. The van der Waals surface area contributed by atoms with Crippen LogP contribution in [0.4, 0.5) is 0 Å². The maximum atomic E-state index is 6.04. The van der Waals surface area contributed by atoms with E-state index in [1.807, 2.05) is 42.5 Å². The lowest BCUT2D eigenvalue weighted by molar-refractivity contribution is 0.472. The summed E-state index contributed by atoms with van der Waals surface area (Å²) in [6, 6.07) is 13.5. The third-order valence-corrected chi connectivity index (χ3v) is 3.82. The third kappa shape index (κ3) is 4.23. The van der Waals surface area contributed by atoms with E-state index in [2.05, 4.69) is 22.9 Å². The molecule has 4 heteroatoms. The first-order valence-electron chi connectivity index (χ1n) is 6.56. The molecule has 0 saturated heterocycles. The fourth-order valence-corrected chi connectivity index (χ4v) is 2.31. The Kier molecular flexibility index (Phi) is 5.46. The van der Waals surface area contributed by atoms with E-state index >= 15 is 0 Å². The molecule has 0 aliphatic rings. The first-order chi connectivity index (χ1) is 9.58. The summed E-state index contributed by atoms with van der Waals surface area (Å²) in [5, 5.41) is 0.694. The molecular formula is C16H17BrClNO. The standard InChI is InChI=1S/C16H17BrClNO/c1-2-14(19)9-11-3-4-12(17)10-16(11)20-15-7-5-13(18)6-8-15/h3-8,10,14H,2,9,19H2,1H3. The molecule has 106 valence electrons. The van der Waals surface area contributed by atoms with E-state index in [1.165, 1.54) is 0 Å². The zero-order valence-corrected chi connectivity index (χ0v) is 13.6. The Morgan fingerprint density at radius 3 is 2.55 bits per heavy atom. The van der Waals surface area contributed by atoms with Crippen molar-refractivity contribution < 1.29 is 4.74 Å². The molecule has 0 amide bonds. The molecule has 0 aliphatic heterocycles. The fraction of sp³-hybridized carbons (Fsp3) is 0.250. The Bertz CT molecular complexity index is 571. The Morgan fingerprint density at radius 1 is 1.20 bits per heavy atom. The van der Waals surface area contributed by atoms with Gasteiger partial charge in [-0.3, -0.25) is 0 Å². The summed E-state index contributed by atoms with van der Waals surface area (Å²) in [4.78, 5) is 0. The molecule has 0 radical (unpaired) electrons. The van der Waals surface area contributed by atoms with Crippen molar-refractivity contribution in [3.05, 3.63) is 57.5 Å². The lowest BCUT2D eigenvalue weighted by Gasteiger charge is -2.14. The normalized spacial score (nSPS) is 12.2. The maximum absolute atomic E-state index is 6.04. The van der Waals surface area contributed by atoms with Gasteiger partial charge in [-0.25, -0.2) is 0 Å². The highest BCUT2D eigenvalue weighted by molar-refractivity contribution is 9.10. The van der Waals surface area contributed by atoms with Gasteiger partial charge in [-0.05, 0) is 54.8 Å². The lowest BCUT2D eigenvalue weighted by Crippen LogP contribution is -2.21. The van der Waals surface area contributed by atoms with Gasteiger partial charge in [-0.1, -0.05) is 40.5 Å². The van der Waals surface area contributed by atoms with Gasteiger partial charge in [0.1, 0.15) is 11.5 Å². The predicted molar refractivity (Wildman–Crippen MR) is 87.6 cm³/mol. The second-order valence-corrected chi connectivity index (χ2v) is 6.03. The molecule has 2 aromatic rings. The summed E-state index contributed by atoms with van der Waals surface area (Å²) < 4.78 is 6.93. The van der Waals surface area contributed by atoms with Crippen molar-refractivity contribution in [1.82, 2.24) is 0 Å². The molecule has 0 bridgehead atoms. The first kappa shape index (κ1) is 15.4. The molecule has 1 atom stereocenters. The molecular weight excluding hydrogens is 338 g/mol. The average molecular weight is 355 g/mol. The molecule has 2 rings (SSSR count). The molecule has 20 heavy (non-hydrogen) atoms. The van der Waals surface area contributed by atoms with E-state index in [1.54, 1.807) is 0 Å². The highest BCUT2D eigenvalue weighted by Gasteiger charge is 2.09. The highest BCUT2D eigenvalue weighted by Crippen LogP contribution is 2.30. The zero-order valence-electron chi connectivity index (χ0n) is 11.3. The van der Waals surface area contributed by atoms with Crippen LogP contribution in [-0.4, -0.2) is 6.04 Å². The Labute approximate surface area is 133 Å². The average Bonchev–Trinajstić information content (AvgIpc) is 2.44. The summed E-state index contributed by atoms with van der Waals surface area (Å²) in [5.41, 5.74) is 7.15. The van der Waals surface area contributed by atoms with Crippen molar-refractivity contribution in [1.29, 1.82) is 0 Å². The van der Waals surface area contributed by atoms with E-state index in [0.29, 0.717) is 5.02 Å². The Balaban J connectivity index is 2.24.